The van der Waals surface area contributed by atoms with E-state index in [4.69, 9.17) is 0 Å². The molecule has 0 bridgehead atoms. The molecule has 2 aromatic heterocycles. The Hall–Kier alpha value is -1.53. The maximum Gasteiger partial charge on any atom is 0.282 e. The maximum absolute atomic E-state index is 12.1. The van der Waals surface area contributed by atoms with Crippen molar-refractivity contribution in [3.63, 3.8) is 0 Å². The van der Waals surface area contributed by atoms with Crippen molar-refractivity contribution in [1.29, 1.82) is 0 Å². The van der Waals surface area contributed by atoms with Crippen molar-refractivity contribution >= 4 is 42.8 Å². The predicted octanol–water partition coefficient (Wildman–Crippen LogP) is 3.36. The lowest BCUT2D eigenvalue weighted by atomic mass is 10.1. The highest BCUT2D eigenvalue weighted by Gasteiger charge is 2.08. The van der Waals surface area contributed by atoms with E-state index in [0.717, 1.165) is 16.5 Å². The van der Waals surface area contributed by atoms with Gasteiger partial charge in [-0.15, -0.1) is 0 Å². The van der Waals surface area contributed by atoms with Crippen LogP contribution in [0.4, 0.5) is 0 Å². The van der Waals surface area contributed by atoms with Gasteiger partial charge in [0.2, 0.25) is 0 Å². The second-order valence-electron chi connectivity index (χ2n) is 4.26. The average Bonchev–Trinajstić information content (AvgIpc) is 2.48. The second kappa shape index (κ2) is 5.46. The first-order valence-electron chi connectivity index (χ1n) is 5.90. The van der Waals surface area contributed by atoms with Crippen molar-refractivity contribution in [3.8, 4) is 0 Å². The Morgan fingerprint density at radius 3 is 2.80 bits per heavy atom. The van der Waals surface area contributed by atoms with Crippen molar-refractivity contribution in [2.24, 2.45) is 0 Å². The maximum atomic E-state index is 12.1. The van der Waals surface area contributed by atoms with E-state index in [2.05, 4.69) is 41.9 Å². The zero-order chi connectivity index (χ0) is 14.1. The fourth-order valence-corrected chi connectivity index (χ4v) is 2.58. The van der Waals surface area contributed by atoms with Crippen LogP contribution in [0.5, 0.6) is 0 Å². The highest BCUT2D eigenvalue weighted by atomic mass is 79.9. The van der Waals surface area contributed by atoms with Gasteiger partial charge in [0.15, 0.2) is 0 Å². The number of nitrogens with zero attached hydrogens (tertiary/aromatic N) is 3. The highest BCUT2D eigenvalue weighted by Crippen LogP contribution is 2.19. The van der Waals surface area contributed by atoms with Gasteiger partial charge in [0.1, 0.15) is 4.47 Å². The Morgan fingerprint density at radius 2 is 1.95 bits per heavy atom. The third-order valence-corrected chi connectivity index (χ3v) is 4.90. The summed E-state index contributed by atoms with van der Waals surface area (Å²) in [5, 5.41) is 5.18. The molecular formula is C14H9Br2N3O. The number of fused-ring (bicyclic) bond motifs is 1. The SMILES string of the molecule is O=c1c(Br)c(Br)cnn1Cc1ccnc2ccccc12. The molecule has 0 spiro atoms. The summed E-state index contributed by atoms with van der Waals surface area (Å²) in [5.74, 6) is 0. The van der Waals surface area contributed by atoms with Gasteiger partial charge in [-0.1, -0.05) is 18.2 Å². The van der Waals surface area contributed by atoms with Crippen molar-refractivity contribution < 1.29 is 0 Å². The molecule has 0 radical (unpaired) electrons. The summed E-state index contributed by atoms with van der Waals surface area (Å²) >= 11 is 6.53. The number of para-hydroxylation sites is 1. The molecule has 3 aromatic rings. The molecule has 0 fully saturated rings. The first kappa shape index (κ1) is 13.5. The second-order valence-corrected chi connectivity index (χ2v) is 5.90. The molecule has 0 atom stereocenters. The van der Waals surface area contributed by atoms with Crippen LogP contribution in [0, 0.1) is 0 Å². The molecule has 0 N–H and O–H groups in total. The fraction of sp³-hybridized carbons (Fsp3) is 0.0714. The van der Waals surface area contributed by atoms with Crippen molar-refractivity contribution in [2.75, 3.05) is 0 Å². The molecule has 0 saturated heterocycles. The fourth-order valence-electron chi connectivity index (χ4n) is 2.01. The summed E-state index contributed by atoms with van der Waals surface area (Å²) in [6.07, 6.45) is 3.35. The third-order valence-electron chi connectivity index (χ3n) is 3.00. The first-order chi connectivity index (χ1) is 9.66. The topological polar surface area (TPSA) is 47.8 Å². The lowest BCUT2D eigenvalue weighted by molar-refractivity contribution is 0.635. The van der Waals surface area contributed by atoms with Crippen molar-refractivity contribution in [3.05, 3.63) is 67.6 Å². The predicted molar refractivity (Wildman–Crippen MR) is 84.7 cm³/mol. The van der Waals surface area contributed by atoms with Gasteiger partial charge in [-0.3, -0.25) is 9.78 Å². The van der Waals surface area contributed by atoms with Gasteiger partial charge in [-0.05, 0) is 49.6 Å². The number of rotatable bonds is 2. The molecule has 1 aromatic carbocycles. The van der Waals surface area contributed by atoms with Crippen LogP contribution in [0.2, 0.25) is 0 Å². The van der Waals surface area contributed by atoms with Gasteiger partial charge >= 0.3 is 0 Å². The minimum absolute atomic E-state index is 0.166. The van der Waals surface area contributed by atoms with E-state index in [1.165, 1.54) is 4.68 Å². The van der Waals surface area contributed by atoms with Gasteiger partial charge in [0.25, 0.3) is 5.56 Å². The van der Waals surface area contributed by atoms with Gasteiger partial charge in [0, 0.05) is 11.6 Å². The molecule has 20 heavy (non-hydrogen) atoms. The van der Waals surface area contributed by atoms with Crippen LogP contribution in [0.15, 0.2) is 56.5 Å². The molecule has 0 amide bonds. The Morgan fingerprint density at radius 1 is 1.15 bits per heavy atom. The lowest BCUT2D eigenvalue weighted by Crippen LogP contribution is -2.24. The van der Waals surface area contributed by atoms with Crippen molar-refractivity contribution in [2.45, 2.75) is 6.54 Å². The van der Waals surface area contributed by atoms with E-state index in [9.17, 15) is 4.79 Å². The summed E-state index contributed by atoms with van der Waals surface area (Å²) in [6.45, 7) is 0.410. The van der Waals surface area contributed by atoms with Gasteiger partial charge in [0.05, 0.1) is 22.7 Å². The van der Waals surface area contributed by atoms with Crippen LogP contribution in [-0.4, -0.2) is 14.8 Å². The van der Waals surface area contributed by atoms with Crippen LogP contribution in [-0.2, 0) is 6.54 Å². The molecule has 0 aliphatic carbocycles. The van der Waals surface area contributed by atoms with E-state index in [-0.39, 0.29) is 5.56 Å². The molecule has 0 unspecified atom stereocenters. The third kappa shape index (κ3) is 2.41. The minimum Gasteiger partial charge on any atom is -0.266 e. The van der Waals surface area contributed by atoms with E-state index in [1.807, 2.05) is 30.3 Å². The standard InChI is InChI=1S/C14H9Br2N3O/c15-11-7-18-19(14(20)13(11)16)8-9-5-6-17-12-4-2-1-3-10(9)12/h1-7H,8H2. The van der Waals surface area contributed by atoms with E-state index >= 15 is 0 Å². The molecule has 2 heterocycles. The molecule has 4 nitrogen and oxygen atoms in total. The number of halogens is 2. The van der Waals surface area contributed by atoms with Gasteiger partial charge < -0.3 is 0 Å². The smallest absolute Gasteiger partial charge is 0.266 e. The lowest BCUT2D eigenvalue weighted by Gasteiger charge is -2.08. The van der Waals surface area contributed by atoms with E-state index < -0.39 is 0 Å². The van der Waals surface area contributed by atoms with E-state index in [0.29, 0.717) is 15.5 Å². The average molecular weight is 395 g/mol. The molecule has 6 heteroatoms. The normalized spacial score (nSPS) is 10.9. The Labute approximate surface area is 131 Å². The molecule has 0 saturated carbocycles. The summed E-state index contributed by atoms with van der Waals surface area (Å²) in [6, 6.07) is 9.76. The summed E-state index contributed by atoms with van der Waals surface area (Å²) < 4.78 is 2.56. The van der Waals surface area contributed by atoms with Crippen LogP contribution in [0.1, 0.15) is 5.56 Å². The summed E-state index contributed by atoms with van der Waals surface area (Å²) in [7, 11) is 0. The van der Waals surface area contributed by atoms with E-state index in [1.54, 1.807) is 12.4 Å². The Balaban J connectivity index is 2.11. The minimum atomic E-state index is -0.166. The number of pyridine rings is 1. The zero-order valence-electron chi connectivity index (χ0n) is 10.3. The van der Waals surface area contributed by atoms with Crippen LogP contribution >= 0.6 is 31.9 Å². The Bertz CT molecular complexity index is 840. The number of hydrogen-bond donors (Lipinski definition) is 0. The highest BCUT2D eigenvalue weighted by molar-refractivity contribution is 9.13. The number of hydrogen-bond acceptors (Lipinski definition) is 3. The quantitative estimate of drug-likeness (QED) is 0.669. The monoisotopic (exact) mass is 393 g/mol. The zero-order valence-corrected chi connectivity index (χ0v) is 13.4. The molecule has 0 aliphatic rings. The molecule has 3 rings (SSSR count). The Kier molecular flexibility index (Phi) is 3.67. The molecule has 100 valence electrons. The van der Waals surface area contributed by atoms with Crippen molar-refractivity contribution in [1.82, 2.24) is 14.8 Å². The molecule has 0 aliphatic heterocycles. The molecular weight excluding hydrogens is 386 g/mol. The van der Waals surface area contributed by atoms with Gasteiger partial charge in [-0.25, -0.2) is 4.68 Å². The first-order valence-corrected chi connectivity index (χ1v) is 7.49. The summed E-state index contributed by atoms with van der Waals surface area (Å²) in [4.78, 5) is 16.5. The van der Waals surface area contributed by atoms with Crippen LogP contribution in [0.25, 0.3) is 10.9 Å². The van der Waals surface area contributed by atoms with Gasteiger partial charge in [-0.2, -0.15) is 5.10 Å². The number of aromatic nitrogens is 3. The van der Waals surface area contributed by atoms with Crippen LogP contribution < -0.4 is 5.56 Å². The summed E-state index contributed by atoms with van der Waals surface area (Å²) in [5.41, 5.74) is 1.76. The largest absolute Gasteiger partial charge is 0.282 e. The number of benzene rings is 1. The van der Waals surface area contributed by atoms with Crippen LogP contribution in [0.3, 0.4) is 0 Å².